The van der Waals surface area contributed by atoms with Crippen molar-refractivity contribution < 1.29 is 4.42 Å². The highest BCUT2D eigenvalue weighted by Crippen LogP contribution is 2.47. The van der Waals surface area contributed by atoms with E-state index < -0.39 is 0 Å². The summed E-state index contributed by atoms with van der Waals surface area (Å²) < 4.78 is 6.99. The number of benzene rings is 5. The van der Waals surface area contributed by atoms with Gasteiger partial charge in [-0.1, -0.05) is 133 Å². The summed E-state index contributed by atoms with van der Waals surface area (Å²) >= 11 is 6.34. The van der Waals surface area contributed by atoms with E-state index in [0.29, 0.717) is 5.02 Å². The summed E-state index contributed by atoms with van der Waals surface area (Å²) in [6.45, 7) is 3.19. The number of hydrogen-bond acceptors (Lipinski definition) is 3. The maximum Gasteiger partial charge on any atom is 0.140 e. The molecule has 6 aromatic rings. The Kier molecular flexibility index (Phi) is 7.94. The predicted octanol–water partition coefficient (Wildman–Crippen LogP) is 9.83. The van der Waals surface area contributed by atoms with Gasteiger partial charge in [-0.2, -0.15) is 0 Å². The standard InChI is InChI=1S/C39H33ClN2O/c40-34-23-21-33(22-24-34)38-35-27-41(25-29-13-5-1-6-14-29)28-42(26-30-15-7-2-8-16-30)37(31-17-9-3-10-18-31)36(35)39(43-38)32-19-11-4-12-20-32/h1-24,37H,25-28H2. The molecule has 0 amide bonds. The molecule has 1 aliphatic rings. The quantitative estimate of drug-likeness (QED) is 0.187. The van der Waals surface area contributed by atoms with Gasteiger partial charge in [0.2, 0.25) is 0 Å². The Hall–Kier alpha value is -4.41. The molecule has 1 unspecified atom stereocenters. The first-order chi connectivity index (χ1) is 21.2. The first-order valence-corrected chi connectivity index (χ1v) is 15.2. The fraction of sp³-hybridized carbons (Fsp3) is 0.128. The minimum Gasteiger partial charge on any atom is -0.455 e. The lowest BCUT2D eigenvalue weighted by molar-refractivity contribution is 0.0994. The van der Waals surface area contributed by atoms with Gasteiger partial charge in [0.15, 0.2) is 0 Å². The van der Waals surface area contributed by atoms with E-state index in [2.05, 4.69) is 143 Å². The number of halogens is 1. The molecule has 1 atom stereocenters. The lowest BCUT2D eigenvalue weighted by Crippen LogP contribution is -2.37. The molecule has 0 aliphatic carbocycles. The Labute approximate surface area is 258 Å². The van der Waals surface area contributed by atoms with Crippen molar-refractivity contribution in [3.63, 3.8) is 0 Å². The van der Waals surface area contributed by atoms with E-state index >= 15 is 0 Å². The van der Waals surface area contributed by atoms with E-state index in [9.17, 15) is 0 Å². The molecule has 2 heterocycles. The Morgan fingerprint density at radius 1 is 0.581 bits per heavy atom. The summed E-state index contributed by atoms with van der Waals surface area (Å²) in [4.78, 5) is 5.15. The third-order valence-corrected chi connectivity index (χ3v) is 8.44. The Balaban J connectivity index is 1.47. The van der Waals surface area contributed by atoms with Crippen molar-refractivity contribution in [2.45, 2.75) is 25.7 Å². The van der Waals surface area contributed by atoms with Crippen LogP contribution in [0.2, 0.25) is 5.02 Å². The van der Waals surface area contributed by atoms with E-state index in [0.717, 1.165) is 49.0 Å². The third-order valence-electron chi connectivity index (χ3n) is 8.19. The van der Waals surface area contributed by atoms with E-state index in [1.54, 1.807) is 0 Å². The molecule has 1 aliphatic heterocycles. The summed E-state index contributed by atoms with van der Waals surface area (Å²) in [5.41, 5.74) is 8.40. The highest BCUT2D eigenvalue weighted by molar-refractivity contribution is 6.30. The van der Waals surface area contributed by atoms with Crippen molar-refractivity contribution in [3.05, 3.63) is 178 Å². The predicted molar refractivity (Wildman–Crippen MR) is 175 cm³/mol. The fourth-order valence-electron chi connectivity index (χ4n) is 6.28. The second kappa shape index (κ2) is 12.4. The van der Waals surface area contributed by atoms with Crippen LogP contribution in [0, 0.1) is 0 Å². The van der Waals surface area contributed by atoms with Gasteiger partial charge in [0, 0.05) is 46.9 Å². The molecule has 0 saturated carbocycles. The second-order valence-corrected chi connectivity index (χ2v) is 11.6. The molecule has 0 bridgehead atoms. The van der Waals surface area contributed by atoms with Crippen LogP contribution in [0.25, 0.3) is 22.6 Å². The first kappa shape index (κ1) is 27.4. The summed E-state index contributed by atoms with van der Waals surface area (Å²) in [6.07, 6.45) is 0. The second-order valence-electron chi connectivity index (χ2n) is 11.2. The normalized spacial score (nSPS) is 15.6. The summed E-state index contributed by atoms with van der Waals surface area (Å²) in [7, 11) is 0. The molecule has 5 aromatic carbocycles. The number of fused-ring (bicyclic) bond motifs is 1. The Morgan fingerprint density at radius 2 is 1.12 bits per heavy atom. The zero-order chi connectivity index (χ0) is 29.0. The molecule has 1 aromatic heterocycles. The minimum atomic E-state index is -0.0165. The topological polar surface area (TPSA) is 19.6 Å². The monoisotopic (exact) mass is 580 g/mol. The van der Waals surface area contributed by atoms with Gasteiger partial charge in [0.05, 0.1) is 12.7 Å². The van der Waals surface area contributed by atoms with Crippen molar-refractivity contribution in [1.29, 1.82) is 0 Å². The molecule has 0 radical (unpaired) electrons. The van der Waals surface area contributed by atoms with E-state index in [4.69, 9.17) is 16.0 Å². The van der Waals surface area contributed by atoms with Crippen LogP contribution < -0.4 is 0 Å². The van der Waals surface area contributed by atoms with Crippen molar-refractivity contribution in [2.24, 2.45) is 0 Å². The van der Waals surface area contributed by atoms with Gasteiger partial charge in [-0.05, 0) is 41.0 Å². The van der Waals surface area contributed by atoms with Crippen molar-refractivity contribution in [2.75, 3.05) is 6.67 Å². The minimum absolute atomic E-state index is 0.0165. The van der Waals surface area contributed by atoms with Gasteiger partial charge in [-0.25, -0.2) is 0 Å². The zero-order valence-corrected chi connectivity index (χ0v) is 24.7. The molecule has 3 nitrogen and oxygen atoms in total. The van der Waals surface area contributed by atoms with Crippen LogP contribution in [0.15, 0.2) is 150 Å². The lowest BCUT2D eigenvalue weighted by atomic mass is 9.90. The van der Waals surface area contributed by atoms with Gasteiger partial charge in [0.1, 0.15) is 11.5 Å². The van der Waals surface area contributed by atoms with E-state index in [1.165, 1.54) is 27.8 Å². The molecule has 7 rings (SSSR count). The molecule has 212 valence electrons. The van der Waals surface area contributed by atoms with Crippen LogP contribution in [0.3, 0.4) is 0 Å². The van der Waals surface area contributed by atoms with Gasteiger partial charge < -0.3 is 4.42 Å². The zero-order valence-electron chi connectivity index (χ0n) is 23.9. The highest BCUT2D eigenvalue weighted by Gasteiger charge is 2.37. The van der Waals surface area contributed by atoms with Crippen LogP contribution >= 0.6 is 11.6 Å². The smallest absolute Gasteiger partial charge is 0.140 e. The van der Waals surface area contributed by atoms with Crippen LogP contribution in [0.4, 0.5) is 0 Å². The average Bonchev–Trinajstić information content (AvgIpc) is 3.34. The van der Waals surface area contributed by atoms with Crippen LogP contribution in [0.5, 0.6) is 0 Å². The van der Waals surface area contributed by atoms with Crippen LogP contribution in [0.1, 0.15) is 33.9 Å². The molecule has 4 heteroatoms. The van der Waals surface area contributed by atoms with Gasteiger partial charge >= 0.3 is 0 Å². The molecular formula is C39H33ClN2O. The molecule has 0 fully saturated rings. The first-order valence-electron chi connectivity index (χ1n) is 14.8. The van der Waals surface area contributed by atoms with Gasteiger partial charge in [-0.3, -0.25) is 9.80 Å². The Morgan fingerprint density at radius 3 is 1.74 bits per heavy atom. The van der Waals surface area contributed by atoms with Gasteiger partial charge in [0.25, 0.3) is 0 Å². The summed E-state index contributed by atoms with van der Waals surface area (Å²) in [5.74, 6) is 1.83. The molecule has 0 N–H and O–H groups in total. The van der Waals surface area contributed by atoms with Crippen LogP contribution in [-0.2, 0) is 19.6 Å². The summed E-state index contributed by atoms with van der Waals surface area (Å²) in [5, 5.41) is 0.714. The van der Waals surface area contributed by atoms with Crippen molar-refractivity contribution in [3.8, 4) is 22.6 Å². The van der Waals surface area contributed by atoms with E-state index in [-0.39, 0.29) is 6.04 Å². The van der Waals surface area contributed by atoms with Crippen molar-refractivity contribution in [1.82, 2.24) is 9.80 Å². The number of furan rings is 1. The number of nitrogens with zero attached hydrogens (tertiary/aromatic N) is 2. The van der Waals surface area contributed by atoms with Crippen molar-refractivity contribution >= 4 is 11.6 Å². The summed E-state index contributed by atoms with van der Waals surface area (Å²) in [6, 6.07) is 51.0. The Bertz CT molecular complexity index is 1770. The SMILES string of the molecule is Clc1ccc(-c2oc(-c3ccccc3)c3c2CN(Cc2ccccc2)CN(Cc2ccccc2)C3c2ccccc2)cc1. The molecule has 0 saturated heterocycles. The maximum atomic E-state index is 6.99. The molecular weight excluding hydrogens is 548 g/mol. The lowest BCUT2D eigenvalue weighted by Gasteiger charge is -2.34. The third kappa shape index (κ3) is 5.93. The maximum absolute atomic E-state index is 6.99. The fourth-order valence-corrected chi connectivity index (χ4v) is 6.40. The average molecular weight is 581 g/mol. The largest absolute Gasteiger partial charge is 0.455 e. The van der Waals surface area contributed by atoms with E-state index in [1.807, 2.05) is 12.1 Å². The molecule has 43 heavy (non-hydrogen) atoms. The number of rotatable bonds is 7. The highest BCUT2D eigenvalue weighted by atomic mass is 35.5. The van der Waals surface area contributed by atoms with Crippen LogP contribution in [-0.4, -0.2) is 16.5 Å². The molecule has 0 spiro atoms. The number of hydrogen-bond donors (Lipinski definition) is 0. The van der Waals surface area contributed by atoms with Gasteiger partial charge in [-0.15, -0.1) is 0 Å².